The van der Waals surface area contributed by atoms with Gasteiger partial charge in [-0.25, -0.2) is 4.79 Å². The molecule has 0 aromatic heterocycles. The highest BCUT2D eigenvalue weighted by atomic mass is 16.4. The Hall–Kier alpha value is -3.98. The van der Waals surface area contributed by atoms with Crippen LogP contribution in [0.25, 0.3) is 0 Å². The summed E-state index contributed by atoms with van der Waals surface area (Å²) < 4.78 is 0. The Bertz CT molecular complexity index is 1150. The second-order valence-corrected chi connectivity index (χ2v) is 9.75. The Labute approximate surface area is 222 Å². The molecule has 0 saturated carbocycles. The first kappa shape index (κ1) is 27.1. The molecule has 1 fully saturated rings. The molecule has 2 aliphatic rings. The zero-order chi connectivity index (χ0) is 26.9. The molecule has 9 heteroatoms. The number of rotatable bonds is 11. The second-order valence-electron chi connectivity index (χ2n) is 9.75. The topological polar surface area (TPSA) is 128 Å². The average Bonchev–Trinajstić information content (AvgIpc) is 3.62. The molecule has 4 atom stereocenters. The predicted octanol–water partition coefficient (Wildman–Crippen LogP) is 1.44. The Morgan fingerprint density at radius 2 is 1.61 bits per heavy atom. The molecular weight excluding hydrogens is 484 g/mol. The number of amides is 3. The molecule has 2 heterocycles. The molecule has 38 heavy (non-hydrogen) atoms. The minimum absolute atomic E-state index is 0.0905. The van der Waals surface area contributed by atoms with E-state index in [4.69, 9.17) is 0 Å². The third kappa shape index (κ3) is 7.29. The van der Waals surface area contributed by atoms with Gasteiger partial charge < -0.3 is 20.6 Å². The summed E-state index contributed by atoms with van der Waals surface area (Å²) in [6.07, 6.45) is 5.44. The van der Waals surface area contributed by atoms with Crippen LogP contribution >= 0.6 is 0 Å². The molecule has 4 N–H and O–H groups in total. The number of nitrogens with zero attached hydrogens (tertiary/aromatic N) is 1. The largest absolute Gasteiger partial charge is 0.480 e. The lowest BCUT2D eigenvalue weighted by Gasteiger charge is -2.28. The lowest BCUT2D eigenvalue weighted by atomic mass is 10.0. The molecule has 4 rings (SSSR count). The summed E-state index contributed by atoms with van der Waals surface area (Å²) in [4.78, 5) is 52.8. The fourth-order valence-corrected chi connectivity index (χ4v) is 5.02. The first-order chi connectivity index (χ1) is 18.4. The van der Waals surface area contributed by atoms with Gasteiger partial charge in [-0.2, -0.15) is 0 Å². The van der Waals surface area contributed by atoms with E-state index in [2.05, 4.69) is 16.0 Å². The minimum atomic E-state index is -1.12. The van der Waals surface area contributed by atoms with Crippen molar-refractivity contribution in [3.8, 4) is 0 Å². The van der Waals surface area contributed by atoms with Crippen LogP contribution in [0.5, 0.6) is 0 Å². The third-order valence-electron chi connectivity index (χ3n) is 6.91. The van der Waals surface area contributed by atoms with Gasteiger partial charge in [-0.1, -0.05) is 72.8 Å². The maximum atomic E-state index is 13.4. The van der Waals surface area contributed by atoms with Crippen molar-refractivity contribution in [2.45, 2.75) is 56.3 Å². The number of hydrogen-bond donors (Lipinski definition) is 4. The standard InChI is InChI=1S/C29H34N4O5/c34-26(32-24(29(37)38)18-21-11-5-2-6-12-21)19-22(17-20-9-3-1-4-10-20)31-27(35)25-14-8-16-33(25)28(36)23-13-7-15-30-23/h1-7,9-13,22-25,30H,8,14-19H2,(H,31,35)(H,32,34)(H,37,38). The van der Waals surface area contributed by atoms with E-state index in [1.165, 1.54) is 0 Å². The molecule has 0 aliphatic carbocycles. The van der Waals surface area contributed by atoms with Gasteiger partial charge >= 0.3 is 5.97 Å². The van der Waals surface area contributed by atoms with Crippen LogP contribution in [0.4, 0.5) is 0 Å². The third-order valence-corrected chi connectivity index (χ3v) is 6.91. The highest BCUT2D eigenvalue weighted by molar-refractivity contribution is 5.92. The van der Waals surface area contributed by atoms with Crippen LogP contribution in [-0.4, -0.2) is 71.0 Å². The van der Waals surface area contributed by atoms with E-state index < -0.39 is 36.0 Å². The van der Waals surface area contributed by atoms with E-state index in [-0.39, 0.29) is 24.7 Å². The Kier molecular flexibility index (Phi) is 9.26. The molecule has 1 saturated heterocycles. The van der Waals surface area contributed by atoms with Gasteiger partial charge in [0.25, 0.3) is 0 Å². The van der Waals surface area contributed by atoms with Crippen molar-refractivity contribution >= 4 is 23.7 Å². The Morgan fingerprint density at radius 1 is 0.947 bits per heavy atom. The molecular formula is C29H34N4O5. The van der Waals surface area contributed by atoms with Gasteiger partial charge in [-0.15, -0.1) is 0 Å². The molecule has 0 radical (unpaired) electrons. The van der Waals surface area contributed by atoms with E-state index in [0.29, 0.717) is 25.9 Å². The van der Waals surface area contributed by atoms with E-state index in [1.807, 2.05) is 72.8 Å². The van der Waals surface area contributed by atoms with E-state index >= 15 is 0 Å². The molecule has 0 spiro atoms. The first-order valence-corrected chi connectivity index (χ1v) is 13.0. The Balaban J connectivity index is 1.43. The average molecular weight is 519 g/mol. The van der Waals surface area contributed by atoms with Crippen molar-refractivity contribution in [2.24, 2.45) is 0 Å². The summed E-state index contributed by atoms with van der Waals surface area (Å²) in [5, 5.41) is 18.4. The van der Waals surface area contributed by atoms with Crippen molar-refractivity contribution in [3.05, 3.63) is 83.9 Å². The van der Waals surface area contributed by atoms with Crippen molar-refractivity contribution in [1.82, 2.24) is 20.9 Å². The van der Waals surface area contributed by atoms with Gasteiger partial charge in [-0.05, 0) is 30.4 Å². The van der Waals surface area contributed by atoms with Gasteiger partial charge in [0.1, 0.15) is 18.1 Å². The van der Waals surface area contributed by atoms with Crippen LogP contribution in [0.1, 0.15) is 30.4 Å². The minimum Gasteiger partial charge on any atom is -0.480 e. The summed E-state index contributed by atoms with van der Waals surface area (Å²) >= 11 is 0. The van der Waals surface area contributed by atoms with E-state index in [0.717, 1.165) is 17.5 Å². The van der Waals surface area contributed by atoms with Gasteiger partial charge in [0.2, 0.25) is 17.7 Å². The number of carbonyl (C=O) groups is 4. The number of carboxylic acids is 1. The van der Waals surface area contributed by atoms with Gasteiger partial charge in [0.05, 0.1) is 0 Å². The van der Waals surface area contributed by atoms with Gasteiger partial charge in [-0.3, -0.25) is 19.7 Å². The van der Waals surface area contributed by atoms with Crippen molar-refractivity contribution in [1.29, 1.82) is 0 Å². The fraction of sp³-hybridized carbons (Fsp3) is 0.379. The summed E-state index contributed by atoms with van der Waals surface area (Å²) in [7, 11) is 0. The normalized spacial score (nSPS) is 20.1. The van der Waals surface area contributed by atoms with Crippen LogP contribution in [0.2, 0.25) is 0 Å². The molecule has 2 aromatic rings. The number of carboxylic acid groups (broad SMARTS) is 1. The second kappa shape index (κ2) is 13.0. The zero-order valence-corrected chi connectivity index (χ0v) is 21.2. The molecule has 4 unspecified atom stereocenters. The molecule has 0 bridgehead atoms. The molecule has 200 valence electrons. The summed E-state index contributed by atoms with van der Waals surface area (Å²) in [5.41, 5.74) is 1.73. The van der Waals surface area contributed by atoms with Crippen molar-refractivity contribution in [3.63, 3.8) is 0 Å². The molecule has 9 nitrogen and oxygen atoms in total. The maximum Gasteiger partial charge on any atom is 0.326 e. The van der Waals surface area contributed by atoms with Crippen LogP contribution in [0.15, 0.2) is 72.8 Å². The smallest absolute Gasteiger partial charge is 0.326 e. The highest BCUT2D eigenvalue weighted by Crippen LogP contribution is 2.20. The van der Waals surface area contributed by atoms with Crippen molar-refractivity contribution < 1.29 is 24.3 Å². The molecule has 3 amide bonds. The van der Waals surface area contributed by atoms with Crippen molar-refractivity contribution in [2.75, 3.05) is 13.1 Å². The number of carbonyl (C=O) groups excluding carboxylic acids is 3. The monoisotopic (exact) mass is 518 g/mol. The predicted molar refractivity (Wildman–Crippen MR) is 142 cm³/mol. The number of likely N-dealkylation sites (tertiary alicyclic amines) is 1. The quantitative estimate of drug-likeness (QED) is 0.333. The van der Waals surface area contributed by atoms with Crippen LogP contribution in [0.3, 0.4) is 0 Å². The molecule has 2 aromatic carbocycles. The van der Waals surface area contributed by atoms with Crippen LogP contribution in [-0.2, 0) is 32.0 Å². The number of nitrogens with one attached hydrogen (secondary N) is 3. The Morgan fingerprint density at radius 3 is 2.21 bits per heavy atom. The fourth-order valence-electron chi connectivity index (χ4n) is 5.02. The maximum absolute atomic E-state index is 13.4. The van der Waals surface area contributed by atoms with Gasteiger partial charge in [0.15, 0.2) is 0 Å². The first-order valence-electron chi connectivity index (χ1n) is 13.0. The lowest BCUT2D eigenvalue weighted by molar-refractivity contribution is -0.142. The van der Waals surface area contributed by atoms with E-state index in [1.54, 1.807) is 4.90 Å². The number of aliphatic carboxylic acids is 1. The SMILES string of the molecule is O=C(CC(Cc1ccccc1)NC(=O)C1CCCN1C(=O)C1C=CCN1)NC(Cc1ccccc1)C(=O)O. The molecule has 2 aliphatic heterocycles. The summed E-state index contributed by atoms with van der Waals surface area (Å²) in [5.74, 6) is -2.01. The number of benzene rings is 2. The number of hydrogen-bond acceptors (Lipinski definition) is 5. The zero-order valence-electron chi connectivity index (χ0n) is 21.2. The summed E-state index contributed by atoms with van der Waals surface area (Å²) in [6.45, 7) is 1.13. The van der Waals surface area contributed by atoms with E-state index in [9.17, 15) is 24.3 Å². The van der Waals surface area contributed by atoms with Crippen LogP contribution < -0.4 is 16.0 Å². The lowest BCUT2D eigenvalue weighted by Crippen LogP contribution is -2.53. The highest BCUT2D eigenvalue weighted by Gasteiger charge is 2.37. The summed E-state index contributed by atoms with van der Waals surface area (Å²) in [6, 6.07) is 15.9. The van der Waals surface area contributed by atoms with Gasteiger partial charge in [0, 0.05) is 32.0 Å². The van der Waals surface area contributed by atoms with Crippen LogP contribution in [0, 0.1) is 0 Å².